The maximum Gasteiger partial charge on any atom is 0.260 e. The largest absolute Gasteiger partial charge is 0.484 e. The van der Waals surface area contributed by atoms with Crippen LogP contribution in [0.3, 0.4) is 0 Å². The van der Waals surface area contributed by atoms with Crippen LogP contribution in [0.1, 0.15) is 34.6 Å². The van der Waals surface area contributed by atoms with E-state index in [0.29, 0.717) is 29.6 Å². The fourth-order valence-corrected chi connectivity index (χ4v) is 3.80. The second-order valence-electron chi connectivity index (χ2n) is 6.48. The molecule has 1 aliphatic heterocycles. The van der Waals surface area contributed by atoms with Crippen molar-refractivity contribution in [1.82, 2.24) is 9.47 Å². The average Bonchev–Trinajstić information content (AvgIpc) is 2.97. The van der Waals surface area contributed by atoms with Gasteiger partial charge in [-0.3, -0.25) is 9.59 Å². The maximum atomic E-state index is 12.6. The second-order valence-corrected chi connectivity index (χ2v) is 6.86. The molecule has 1 atom stereocenters. The number of rotatable bonds is 6. The van der Waals surface area contributed by atoms with Gasteiger partial charge in [0.05, 0.1) is 22.8 Å². The molecule has 142 valence electrons. The van der Waals surface area contributed by atoms with E-state index in [1.807, 2.05) is 29.7 Å². The van der Waals surface area contributed by atoms with Crippen molar-refractivity contribution in [3.63, 3.8) is 0 Å². The summed E-state index contributed by atoms with van der Waals surface area (Å²) < 4.78 is 7.53. The molecule has 2 aromatic rings. The lowest BCUT2D eigenvalue weighted by Gasteiger charge is -2.30. The van der Waals surface area contributed by atoms with Gasteiger partial charge in [-0.1, -0.05) is 42.8 Å². The first-order valence-corrected chi connectivity index (χ1v) is 9.10. The zero-order valence-corrected chi connectivity index (χ0v) is 15.9. The molecule has 0 bridgehead atoms. The lowest BCUT2D eigenvalue weighted by Crippen LogP contribution is -2.41. The van der Waals surface area contributed by atoms with Gasteiger partial charge in [-0.15, -0.1) is 6.58 Å². The number of fused-ring (bicyclic) bond motifs is 1. The molecule has 1 unspecified atom stereocenters. The topological polar surface area (TPSA) is 77.6 Å². The molecular weight excluding hydrogens is 366 g/mol. The average molecular weight is 388 g/mol. The van der Waals surface area contributed by atoms with Crippen LogP contribution in [-0.2, 0) is 17.9 Å². The minimum atomic E-state index is -0.596. The predicted octanol–water partition coefficient (Wildman–Crippen LogP) is 2.95. The Hall–Kier alpha value is -2.73. The highest BCUT2D eigenvalue weighted by molar-refractivity contribution is 6.35. The van der Waals surface area contributed by atoms with Crippen LogP contribution in [0.4, 0.5) is 0 Å². The van der Waals surface area contributed by atoms with Gasteiger partial charge in [0.15, 0.2) is 6.61 Å². The summed E-state index contributed by atoms with van der Waals surface area (Å²) in [5.41, 5.74) is 7.31. The molecule has 2 N–H and O–H groups in total. The van der Waals surface area contributed by atoms with Crippen molar-refractivity contribution in [1.29, 1.82) is 0 Å². The number of halogens is 1. The molecule has 27 heavy (non-hydrogen) atoms. The van der Waals surface area contributed by atoms with Crippen molar-refractivity contribution in [2.45, 2.75) is 25.9 Å². The van der Waals surface area contributed by atoms with Crippen LogP contribution in [-0.4, -0.2) is 34.4 Å². The number of benzene rings is 1. The summed E-state index contributed by atoms with van der Waals surface area (Å²) in [6, 6.07) is 9.16. The number of nitrogens with zero attached hydrogens (tertiary/aromatic N) is 2. The minimum Gasteiger partial charge on any atom is -0.484 e. The third-order valence-electron chi connectivity index (χ3n) is 4.77. The summed E-state index contributed by atoms with van der Waals surface area (Å²) in [7, 11) is 0. The number of carbonyl (C=O) groups is 2. The number of hydrogen-bond acceptors (Lipinski definition) is 3. The zero-order valence-electron chi connectivity index (χ0n) is 15.2. The van der Waals surface area contributed by atoms with E-state index >= 15 is 0 Å². The van der Waals surface area contributed by atoms with E-state index in [-0.39, 0.29) is 30.5 Å². The van der Waals surface area contributed by atoms with Crippen LogP contribution in [0.15, 0.2) is 43.0 Å². The number of primary amides is 1. The maximum absolute atomic E-state index is 12.6. The molecule has 0 fully saturated rings. The number of carbonyl (C=O) groups excluding carboxylic acids is 2. The van der Waals surface area contributed by atoms with E-state index in [1.54, 1.807) is 23.1 Å². The van der Waals surface area contributed by atoms with Crippen molar-refractivity contribution in [3.8, 4) is 5.75 Å². The van der Waals surface area contributed by atoms with Gasteiger partial charge >= 0.3 is 0 Å². The summed E-state index contributed by atoms with van der Waals surface area (Å²) in [5, 5.41) is 0.347. The van der Waals surface area contributed by atoms with Gasteiger partial charge in [-0.05, 0) is 12.1 Å². The molecule has 0 spiro atoms. The third kappa shape index (κ3) is 3.71. The van der Waals surface area contributed by atoms with Crippen molar-refractivity contribution < 1.29 is 14.3 Å². The Morgan fingerprint density at radius 3 is 2.67 bits per heavy atom. The monoisotopic (exact) mass is 387 g/mol. The Bertz CT molecular complexity index is 876. The molecule has 0 aliphatic carbocycles. The Labute approximate surface area is 163 Å². The lowest BCUT2D eigenvalue weighted by molar-refractivity contribution is -0.134. The number of amides is 2. The summed E-state index contributed by atoms with van der Waals surface area (Å²) >= 11 is 6.46. The molecule has 0 radical (unpaired) electrons. The number of nitrogens with two attached hydrogens (primary N) is 1. The van der Waals surface area contributed by atoms with Gasteiger partial charge in [0.25, 0.3) is 11.8 Å². The number of para-hydroxylation sites is 1. The van der Waals surface area contributed by atoms with Crippen LogP contribution in [0.25, 0.3) is 0 Å². The smallest absolute Gasteiger partial charge is 0.260 e. The highest BCUT2D eigenvalue weighted by atomic mass is 35.5. The molecule has 2 amide bonds. The van der Waals surface area contributed by atoms with Gasteiger partial charge in [0.2, 0.25) is 0 Å². The van der Waals surface area contributed by atoms with Crippen LogP contribution in [0.5, 0.6) is 5.75 Å². The van der Waals surface area contributed by atoms with Crippen LogP contribution in [0, 0.1) is 0 Å². The standard InChI is InChI=1S/C20H22ClN3O3/c1-3-13(2)19-18(21)17(20(22)26)15-11-23(9-10-24(15)19)16(25)12-27-14-7-5-4-6-8-14/h3-8,13H,1,9-12H2,2H3,(H2,22,26). The highest BCUT2D eigenvalue weighted by Gasteiger charge is 2.32. The molecular formula is C20H22ClN3O3. The van der Waals surface area contributed by atoms with Crippen molar-refractivity contribution in [2.75, 3.05) is 13.2 Å². The van der Waals surface area contributed by atoms with E-state index in [1.165, 1.54) is 0 Å². The molecule has 0 saturated heterocycles. The van der Waals surface area contributed by atoms with E-state index in [4.69, 9.17) is 22.1 Å². The lowest BCUT2D eigenvalue weighted by atomic mass is 10.1. The Morgan fingerprint density at radius 2 is 2.04 bits per heavy atom. The second kappa shape index (κ2) is 7.88. The molecule has 0 saturated carbocycles. The molecule has 2 heterocycles. The minimum absolute atomic E-state index is 0.0342. The summed E-state index contributed by atoms with van der Waals surface area (Å²) in [4.78, 5) is 26.2. The normalized spacial score (nSPS) is 14.4. The molecule has 6 nitrogen and oxygen atoms in total. The quantitative estimate of drug-likeness (QED) is 0.774. The first kappa shape index (κ1) is 19.0. The zero-order chi connectivity index (χ0) is 19.6. The Morgan fingerprint density at radius 1 is 1.33 bits per heavy atom. The van der Waals surface area contributed by atoms with Gasteiger partial charge in [-0.2, -0.15) is 0 Å². The molecule has 3 rings (SSSR count). The van der Waals surface area contributed by atoms with Gasteiger partial charge in [-0.25, -0.2) is 0 Å². The van der Waals surface area contributed by atoms with E-state index < -0.39 is 5.91 Å². The first-order valence-electron chi connectivity index (χ1n) is 8.72. The van der Waals surface area contributed by atoms with Crippen molar-refractivity contribution in [3.05, 3.63) is 65.0 Å². The summed E-state index contributed by atoms with van der Waals surface area (Å²) in [5.74, 6) is -0.153. The molecule has 7 heteroatoms. The van der Waals surface area contributed by atoms with Crippen LogP contribution >= 0.6 is 11.6 Å². The number of ether oxygens (including phenoxy) is 1. The Kier molecular flexibility index (Phi) is 5.56. The van der Waals surface area contributed by atoms with E-state index in [2.05, 4.69) is 6.58 Å². The predicted molar refractivity (Wildman–Crippen MR) is 104 cm³/mol. The third-order valence-corrected chi connectivity index (χ3v) is 5.16. The van der Waals surface area contributed by atoms with Crippen molar-refractivity contribution >= 4 is 23.4 Å². The number of aromatic nitrogens is 1. The highest BCUT2D eigenvalue weighted by Crippen LogP contribution is 2.36. The fraction of sp³-hybridized carbons (Fsp3) is 0.300. The number of hydrogen-bond donors (Lipinski definition) is 1. The fourth-order valence-electron chi connectivity index (χ4n) is 3.33. The SMILES string of the molecule is C=CC(C)c1c(Cl)c(C(N)=O)c2n1CCN(C(=O)COc1ccccc1)C2. The Balaban J connectivity index is 1.82. The first-order chi connectivity index (χ1) is 12.9. The molecule has 1 aliphatic rings. The number of allylic oxidation sites excluding steroid dienone is 1. The van der Waals surface area contributed by atoms with Gasteiger partial charge in [0, 0.05) is 24.7 Å². The van der Waals surface area contributed by atoms with Crippen LogP contribution in [0.2, 0.25) is 5.02 Å². The van der Waals surface area contributed by atoms with E-state index in [9.17, 15) is 9.59 Å². The summed E-state index contributed by atoms with van der Waals surface area (Å²) in [6.45, 7) is 7.00. The molecule has 1 aromatic carbocycles. The summed E-state index contributed by atoms with van der Waals surface area (Å²) in [6.07, 6.45) is 1.77. The van der Waals surface area contributed by atoms with Crippen LogP contribution < -0.4 is 10.5 Å². The van der Waals surface area contributed by atoms with E-state index in [0.717, 1.165) is 5.69 Å². The van der Waals surface area contributed by atoms with Crippen molar-refractivity contribution in [2.24, 2.45) is 5.73 Å². The molecule has 1 aromatic heterocycles. The van der Waals surface area contributed by atoms with Gasteiger partial charge < -0.3 is 19.9 Å². The van der Waals surface area contributed by atoms with Gasteiger partial charge in [0.1, 0.15) is 5.75 Å².